The first-order valence-corrected chi connectivity index (χ1v) is 14.6. The van der Waals surface area contributed by atoms with Crippen LogP contribution in [0.4, 0.5) is 0 Å². The minimum absolute atomic E-state index is 0.0444. The molecule has 2 atom stereocenters. The van der Waals surface area contributed by atoms with Crippen LogP contribution in [0.25, 0.3) is 0 Å². The molecule has 0 aliphatic carbocycles. The van der Waals surface area contributed by atoms with Crippen LogP contribution >= 0.6 is 0 Å². The Morgan fingerprint density at radius 3 is 2.29 bits per heavy atom. The third-order valence-corrected chi connectivity index (χ3v) is 7.41. The third-order valence-electron chi connectivity index (χ3n) is 7.41. The van der Waals surface area contributed by atoms with Gasteiger partial charge < -0.3 is 20.1 Å². The SMILES string of the molecule is CCCCCCCCCC(OCC1Cc2ccccc2CN1C(=O)c1ccc(O)cc1)C(=O)NCCCC. The van der Waals surface area contributed by atoms with Crippen molar-refractivity contribution in [3.63, 3.8) is 0 Å². The first-order chi connectivity index (χ1) is 18.5. The molecule has 0 aromatic heterocycles. The average Bonchev–Trinajstić information content (AvgIpc) is 2.93. The number of carbonyl (C=O) groups is 2. The number of fused-ring (bicyclic) bond motifs is 1. The lowest BCUT2D eigenvalue weighted by atomic mass is 9.93. The lowest BCUT2D eigenvalue weighted by Gasteiger charge is -2.37. The van der Waals surface area contributed by atoms with E-state index in [4.69, 9.17) is 4.74 Å². The maximum atomic E-state index is 13.5. The van der Waals surface area contributed by atoms with E-state index in [2.05, 4.69) is 31.3 Å². The van der Waals surface area contributed by atoms with Gasteiger partial charge in [-0.05, 0) is 54.7 Å². The number of aromatic hydroxyl groups is 1. The smallest absolute Gasteiger partial charge is 0.254 e. The number of nitrogens with zero attached hydrogens (tertiary/aromatic N) is 1. The van der Waals surface area contributed by atoms with Crippen molar-refractivity contribution < 1.29 is 19.4 Å². The van der Waals surface area contributed by atoms with Gasteiger partial charge in [0.25, 0.3) is 5.91 Å². The Morgan fingerprint density at radius 2 is 1.58 bits per heavy atom. The topological polar surface area (TPSA) is 78.9 Å². The van der Waals surface area contributed by atoms with Crippen LogP contribution in [0.5, 0.6) is 5.75 Å². The van der Waals surface area contributed by atoms with Crippen LogP contribution in [-0.2, 0) is 22.5 Å². The molecule has 2 N–H and O–H groups in total. The van der Waals surface area contributed by atoms with E-state index in [9.17, 15) is 14.7 Å². The van der Waals surface area contributed by atoms with Gasteiger partial charge in [0, 0.05) is 18.7 Å². The zero-order chi connectivity index (χ0) is 27.2. The van der Waals surface area contributed by atoms with Gasteiger partial charge in [-0.3, -0.25) is 9.59 Å². The van der Waals surface area contributed by atoms with Crippen molar-refractivity contribution in [3.05, 3.63) is 65.2 Å². The van der Waals surface area contributed by atoms with E-state index in [1.165, 1.54) is 49.8 Å². The molecule has 3 rings (SSSR count). The Kier molecular flexibility index (Phi) is 12.6. The molecule has 0 saturated carbocycles. The molecular formula is C32H46N2O4. The number of unbranched alkanes of at least 4 members (excludes halogenated alkanes) is 7. The molecule has 0 bridgehead atoms. The fourth-order valence-corrected chi connectivity index (χ4v) is 5.05. The highest BCUT2D eigenvalue weighted by molar-refractivity contribution is 5.94. The van der Waals surface area contributed by atoms with E-state index in [0.717, 1.165) is 31.2 Å². The molecular weight excluding hydrogens is 476 g/mol. The van der Waals surface area contributed by atoms with E-state index in [0.29, 0.717) is 38.1 Å². The number of amides is 2. The van der Waals surface area contributed by atoms with Crippen molar-refractivity contribution in [1.29, 1.82) is 0 Å². The van der Waals surface area contributed by atoms with Crippen LogP contribution in [0, 0.1) is 0 Å². The summed E-state index contributed by atoms with van der Waals surface area (Å²) in [6.07, 6.45) is 11.2. The highest BCUT2D eigenvalue weighted by Crippen LogP contribution is 2.26. The summed E-state index contributed by atoms with van der Waals surface area (Å²) in [5.74, 6) is -0.00565. The van der Waals surface area contributed by atoms with Crippen LogP contribution in [0.1, 0.15) is 99.5 Å². The molecule has 1 heterocycles. The molecule has 1 aliphatic heterocycles. The lowest BCUT2D eigenvalue weighted by molar-refractivity contribution is -0.134. The number of rotatable bonds is 16. The predicted molar refractivity (Wildman–Crippen MR) is 152 cm³/mol. The largest absolute Gasteiger partial charge is 0.508 e. The van der Waals surface area contributed by atoms with Gasteiger partial charge in [0.2, 0.25) is 5.91 Å². The molecule has 208 valence electrons. The second-order valence-corrected chi connectivity index (χ2v) is 10.5. The van der Waals surface area contributed by atoms with Crippen LogP contribution in [-0.4, -0.2) is 47.1 Å². The fraction of sp³-hybridized carbons (Fsp3) is 0.562. The number of hydrogen-bond donors (Lipinski definition) is 2. The van der Waals surface area contributed by atoms with Gasteiger partial charge in [-0.1, -0.05) is 89.5 Å². The standard InChI is InChI=1S/C32H46N2O4/c1-3-5-7-8-9-10-11-16-30(31(36)33-21-6-4-2)38-24-28-22-26-14-12-13-15-27(26)23-34(28)32(37)25-17-19-29(35)20-18-25/h12-15,17-20,28,30,35H,3-11,16,21-24H2,1-2H3,(H,33,36). The summed E-state index contributed by atoms with van der Waals surface area (Å²) in [7, 11) is 0. The summed E-state index contributed by atoms with van der Waals surface area (Å²) >= 11 is 0. The van der Waals surface area contributed by atoms with Crippen molar-refractivity contribution in [1.82, 2.24) is 10.2 Å². The predicted octanol–water partition coefficient (Wildman–Crippen LogP) is 6.40. The van der Waals surface area contributed by atoms with Gasteiger partial charge in [-0.25, -0.2) is 0 Å². The number of benzene rings is 2. The minimum Gasteiger partial charge on any atom is -0.508 e. The molecule has 38 heavy (non-hydrogen) atoms. The monoisotopic (exact) mass is 522 g/mol. The molecule has 0 radical (unpaired) electrons. The van der Waals surface area contributed by atoms with Crippen molar-refractivity contribution in [2.75, 3.05) is 13.2 Å². The highest BCUT2D eigenvalue weighted by Gasteiger charge is 2.32. The van der Waals surface area contributed by atoms with E-state index in [-0.39, 0.29) is 23.6 Å². The molecule has 2 amide bonds. The summed E-state index contributed by atoms with van der Waals surface area (Å²) in [5.41, 5.74) is 2.88. The first kappa shape index (κ1) is 29.7. The van der Waals surface area contributed by atoms with Gasteiger partial charge in [-0.2, -0.15) is 0 Å². The lowest BCUT2D eigenvalue weighted by Crippen LogP contribution is -2.48. The molecule has 6 heteroatoms. The van der Waals surface area contributed by atoms with Gasteiger partial charge in [0.15, 0.2) is 0 Å². The van der Waals surface area contributed by atoms with Gasteiger partial charge in [-0.15, -0.1) is 0 Å². The molecule has 0 fully saturated rings. The summed E-state index contributed by atoms with van der Waals surface area (Å²) < 4.78 is 6.32. The van der Waals surface area contributed by atoms with Crippen LogP contribution in [0.15, 0.2) is 48.5 Å². The van der Waals surface area contributed by atoms with Crippen molar-refractivity contribution in [3.8, 4) is 5.75 Å². The maximum Gasteiger partial charge on any atom is 0.254 e. The second-order valence-electron chi connectivity index (χ2n) is 10.5. The summed E-state index contributed by atoms with van der Waals surface area (Å²) in [5, 5.41) is 12.7. The molecule has 1 aliphatic rings. The van der Waals surface area contributed by atoms with Crippen LogP contribution < -0.4 is 5.32 Å². The molecule has 6 nitrogen and oxygen atoms in total. The van der Waals surface area contributed by atoms with Gasteiger partial charge in [0.1, 0.15) is 11.9 Å². The molecule has 0 saturated heterocycles. The second kappa shape index (κ2) is 16.2. The normalized spacial score (nSPS) is 15.6. The quantitative estimate of drug-likeness (QED) is 0.250. The van der Waals surface area contributed by atoms with E-state index in [1.54, 1.807) is 12.1 Å². The number of ether oxygens (including phenoxy) is 1. The molecule has 2 aromatic carbocycles. The summed E-state index contributed by atoms with van der Waals surface area (Å²) in [6, 6.07) is 14.4. The van der Waals surface area contributed by atoms with E-state index >= 15 is 0 Å². The van der Waals surface area contributed by atoms with Crippen molar-refractivity contribution in [2.45, 2.75) is 103 Å². The van der Waals surface area contributed by atoms with E-state index in [1.807, 2.05) is 17.0 Å². The summed E-state index contributed by atoms with van der Waals surface area (Å²) in [4.78, 5) is 28.4. The Morgan fingerprint density at radius 1 is 0.921 bits per heavy atom. The van der Waals surface area contributed by atoms with Gasteiger partial charge in [0.05, 0.1) is 12.6 Å². The average molecular weight is 523 g/mol. The van der Waals surface area contributed by atoms with Crippen LogP contribution in [0.3, 0.4) is 0 Å². The van der Waals surface area contributed by atoms with E-state index < -0.39 is 6.10 Å². The van der Waals surface area contributed by atoms with Gasteiger partial charge >= 0.3 is 0 Å². The molecule has 2 aromatic rings. The molecule has 2 unspecified atom stereocenters. The number of carbonyl (C=O) groups excluding carboxylic acids is 2. The number of nitrogens with one attached hydrogen (secondary N) is 1. The number of phenols is 1. The Hall–Kier alpha value is -2.86. The summed E-state index contributed by atoms with van der Waals surface area (Å²) in [6.45, 7) is 5.80. The van der Waals surface area contributed by atoms with Crippen molar-refractivity contribution >= 4 is 11.8 Å². The maximum absolute atomic E-state index is 13.5. The zero-order valence-electron chi connectivity index (χ0n) is 23.3. The highest BCUT2D eigenvalue weighted by atomic mass is 16.5. The number of hydrogen-bond acceptors (Lipinski definition) is 4. The Labute approximate surface area is 228 Å². The Bertz CT molecular complexity index is 991. The first-order valence-electron chi connectivity index (χ1n) is 14.6. The third kappa shape index (κ3) is 9.16. The number of phenolic OH excluding ortho intramolecular Hbond substituents is 1. The zero-order valence-corrected chi connectivity index (χ0v) is 23.3. The Balaban J connectivity index is 1.67. The minimum atomic E-state index is -0.509. The van der Waals surface area contributed by atoms with Crippen LogP contribution in [0.2, 0.25) is 0 Å². The fourth-order valence-electron chi connectivity index (χ4n) is 5.05. The molecule has 0 spiro atoms. The van der Waals surface area contributed by atoms with Crippen molar-refractivity contribution in [2.24, 2.45) is 0 Å².